The Morgan fingerprint density at radius 1 is 0.853 bits per heavy atom. The third-order valence-corrected chi connectivity index (χ3v) is 5.30. The molecule has 8 heteroatoms. The lowest BCUT2D eigenvalue weighted by Crippen LogP contribution is -2.08. The summed E-state index contributed by atoms with van der Waals surface area (Å²) in [5.74, 6) is 2.91. The van der Waals surface area contributed by atoms with Gasteiger partial charge < -0.3 is 24.6 Å². The number of ether oxygens (including phenoxy) is 3. The van der Waals surface area contributed by atoms with Gasteiger partial charge in [0.15, 0.2) is 28.8 Å². The van der Waals surface area contributed by atoms with E-state index in [2.05, 4.69) is 10.3 Å². The average Bonchev–Trinajstić information content (AvgIpc) is 2.88. The predicted molar refractivity (Wildman–Crippen MR) is 133 cm³/mol. The predicted octanol–water partition coefficient (Wildman–Crippen LogP) is 4.58. The minimum Gasteiger partial charge on any atom is -0.504 e. The zero-order valence-corrected chi connectivity index (χ0v) is 19.3. The molecule has 4 aromatic rings. The van der Waals surface area contributed by atoms with E-state index in [4.69, 9.17) is 24.2 Å². The number of hydrogen-bond donors (Lipinski definition) is 2. The molecule has 0 aliphatic carbocycles. The Kier molecular flexibility index (Phi) is 7.07. The number of phenols is 1. The van der Waals surface area contributed by atoms with Gasteiger partial charge in [-0.3, -0.25) is 4.98 Å². The van der Waals surface area contributed by atoms with Crippen molar-refractivity contribution in [3.05, 3.63) is 71.8 Å². The molecule has 0 spiro atoms. The summed E-state index contributed by atoms with van der Waals surface area (Å²) in [6, 6.07) is 12.8. The quantitative estimate of drug-likeness (QED) is 0.376. The van der Waals surface area contributed by atoms with Gasteiger partial charge in [0.25, 0.3) is 0 Å². The van der Waals surface area contributed by atoms with Crippen molar-refractivity contribution in [2.24, 2.45) is 0 Å². The van der Waals surface area contributed by atoms with E-state index in [1.54, 1.807) is 44.8 Å². The normalized spacial score (nSPS) is 11.0. The van der Waals surface area contributed by atoms with Gasteiger partial charge >= 0.3 is 0 Å². The van der Waals surface area contributed by atoms with Crippen molar-refractivity contribution >= 4 is 28.9 Å². The maximum atomic E-state index is 9.82. The van der Waals surface area contributed by atoms with Crippen LogP contribution in [0.2, 0.25) is 0 Å². The van der Waals surface area contributed by atoms with Gasteiger partial charge in [0.1, 0.15) is 5.82 Å². The van der Waals surface area contributed by atoms with Crippen molar-refractivity contribution in [3.8, 4) is 23.0 Å². The SMILES string of the molecule is COc1cc(/C=C/c2nc(NCCc3ccncc3)c3cc(OC)c(OC)cc3n2)ccc1O. The number of nitrogens with zero attached hydrogens (tertiary/aromatic N) is 3. The largest absolute Gasteiger partial charge is 0.504 e. The molecule has 0 aliphatic heterocycles. The lowest BCUT2D eigenvalue weighted by Gasteiger charge is -2.13. The number of hydrogen-bond acceptors (Lipinski definition) is 8. The van der Waals surface area contributed by atoms with Crippen LogP contribution in [-0.4, -0.2) is 47.9 Å². The zero-order valence-electron chi connectivity index (χ0n) is 19.3. The van der Waals surface area contributed by atoms with Gasteiger partial charge in [0.05, 0.1) is 26.8 Å². The van der Waals surface area contributed by atoms with Crippen molar-refractivity contribution in [2.45, 2.75) is 6.42 Å². The molecule has 0 bridgehead atoms. The minimum atomic E-state index is 0.0864. The molecule has 34 heavy (non-hydrogen) atoms. The van der Waals surface area contributed by atoms with Crippen molar-refractivity contribution in [1.82, 2.24) is 15.0 Å². The molecule has 0 saturated carbocycles. The van der Waals surface area contributed by atoms with Crippen LogP contribution in [0.15, 0.2) is 54.9 Å². The second-order valence-corrected chi connectivity index (χ2v) is 7.45. The van der Waals surface area contributed by atoms with Gasteiger partial charge in [-0.15, -0.1) is 0 Å². The number of anilines is 1. The molecule has 0 amide bonds. The molecule has 4 rings (SSSR count). The minimum absolute atomic E-state index is 0.0864. The van der Waals surface area contributed by atoms with E-state index in [0.29, 0.717) is 35.4 Å². The zero-order chi connectivity index (χ0) is 23.9. The van der Waals surface area contributed by atoms with Crippen LogP contribution in [-0.2, 0) is 6.42 Å². The summed E-state index contributed by atoms with van der Waals surface area (Å²) >= 11 is 0. The topological polar surface area (TPSA) is 98.6 Å². The van der Waals surface area contributed by atoms with Crippen LogP contribution < -0.4 is 19.5 Å². The summed E-state index contributed by atoms with van der Waals surface area (Å²) in [6.07, 6.45) is 8.07. The van der Waals surface area contributed by atoms with E-state index in [1.807, 2.05) is 36.4 Å². The maximum Gasteiger partial charge on any atom is 0.162 e. The highest BCUT2D eigenvalue weighted by molar-refractivity contribution is 5.92. The molecule has 8 nitrogen and oxygen atoms in total. The number of rotatable bonds is 9. The number of methoxy groups -OCH3 is 3. The average molecular weight is 459 g/mol. The lowest BCUT2D eigenvalue weighted by molar-refractivity contribution is 0.356. The standard InChI is InChI=1S/C26H26N4O4/c1-32-22-14-18(4-6-21(22)31)5-7-25-29-20-16-24(34-3)23(33-2)15-19(20)26(30-25)28-13-10-17-8-11-27-12-9-17/h4-9,11-12,14-16,31H,10,13H2,1-3H3,(H,28,29,30)/b7-5+. The summed E-state index contributed by atoms with van der Waals surface area (Å²) in [6.45, 7) is 0.683. The second kappa shape index (κ2) is 10.5. The summed E-state index contributed by atoms with van der Waals surface area (Å²) in [5, 5.41) is 14.1. The second-order valence-electron chi connectivity index (χ2n) is 7.45. The van der Waals surface area contributed by atoms with E-state index >= 15 is 0 Å². The molecule has 0 radical (unpaired) electrons. The van der Waals surface area contributed by atoms with E-state index in [1.165, 1.54) is 12.7 Å². The Morgan fingerprint density at radius 2 is 1.59 bits per heavy atom. The van der Waals surface area contributed by atoms with Gasteiger partial charge in [-0.2, -0.15) is 0 Å². The third-order valence-electron chi connectivity index (χ3n) is 5.30. The Bertz CT molecular complexity index is 1310. The fourth-order valence-electron chi connectivity index (χ4n) is 3.53. The summed E-state index contributed by atoms with van der Waals surface area (Å²) in [5.41, 5.74) is 2.75. The van der Waals surface area contributed by atoms with Crippen LogP contribution >= 0.6 is 0 Å². The first-order valence-corrected chi connectivity index (χ1v) is 10.7. The third kappa shape index (κ3) is 5.17. The molecule has 0 aliphatic rings. The Hall–Kier alpha value is -4.33. The summed E-state index contributed by atoms with van der Waals surface area (Å²) in [4.78, 5) is 13.5. The Morgan fingerprint density at radius 3 is 2.32 bits per heavy atom. The number of fused-ring (bicyclic) bond motifs is 1. The molecule has 2 N–H and O–H groups in total. The van der Waals surface area contributed by atoms with Gasteiger partial charge in [0, 0.05) is 30.4 Å². The van der Waals surface area contributed by atoms with E-state index < -0.39 is 0 Å². The first-order valence-electron chi connectivity index (χ1n) is 10.7. The van der Waals surface area contributed by atoms with Crippen molar-refractivity contribution in [1.29, 1.82) is 0 Å². The van der Waals surface area contributed by atoms with Crippen LogP contribution in [0.3, 0.4) is 0 Å². The molecule has 0 saturated heterocycles. The first-order chi connectivity index (χ1) is 16.6. The lowest BCUT2D eigenvalue weighted by atomic mass is 10.1. The van der Waals surface area contributed by atoms with Crippen LogP contribution in [0, 0.1) is 0 Å². The van der Waals surface area contributed by atoms with Gasteiger partial charge in [-0.25, -0.2) is 9.97 Å². The number of aromatic hydroxyl groups is 1. The number of phenolic OH excluding ortho intramolecular Hbond substituents is 1. The monoisotopic (exact) mass is 458 g/mol. The fourth-order valence-corrected chi connectivity index (χ4v) is 3.53. The van der Waals surface area contributed by atoms with Crippen molar-refractivity contribution in [3.63, 3.8) is 0 Å². The molecule has 174 valence electrons. The summed E-state index contributed by atoms with van der Waals surface area (Å²) in [7, 11) is 4.71. The molecular formula is C26H26N4O4. The molecule has 0 atom stereocenters. The molecule has 0 unspecified atom stereocenters. The maximum absolute atomic E-state index is 9.82. The van der Waals surface area contributed by atoms with Gasteiger partial charge in [0.2, 0.25) is 0 Å². The smallest absolute Gasteiger partial charge is 0.162 e. The van der Waals surface area contributed by atoms with Gasteiger partial charge in [-0.05, 0) is 54.0 Å². The highest BCUT2D eigenvalue weighted by atomic mass is 16.5. The van der Waals surface area contributed by atoms with Gasteiger partial charge in [-0.1, -0.05) is 12.1 Å². The highest BCUT2D eigenvalue weighted by Gasteiger charge is 2.13. The molecular weight excluding hydrogens is 432 g/mol. The number of nitrogens with one attached hydrogen (secondary N) is 1. The number of aromatic nitrogens is 3. The van der Waals surface area contributed by atoms with Crippen molar-refractivity contribution < 1.29 is 19.3 Å². The van der Waals surface area contributed by atoms with Crippen molar-refractivity contribution in [2.75, 3.05) is 33.2 Å². The Labute approximate surface area is 197 Å². The number of benzene rings is 2. The van der Waals surface area contributed by atoms with Crippen LogP contribution in [0.25, 0.3) is 23.1 Å². The first kappa shape index (κ1) is 22.8. The molecule has 2 aromatic carbocycles. The van der Waals surface area contributed by atoms with Crippen LogP contribution in [0.4, 0.5) is 5.82 Å². The molecule has 2 aromatic heterocycles. The van der Waals surface area contributed by atoms with Crippen LogP contribution in [0.5, 0.6) is 23.0 Å². The number of pyridine rings is 1. The highest BCUT2D eigenvalue weighted by Crippen LogP contribution is 2.34. The van der Waals surface area contributed by atoms with E-state index in [9.17, 15) is 5.11 Å². The Balaban J connectivity index is 1.68. The molecule has 2 heterocycles. The molecule has 0 fully saturated rings. The van der Waals surface area contributed by atoms with E-state index in [-0.39, 0.29) is 5.75 Å². The fraction of sp³-hybridized carbons (Fsp3) is 0.192. The van der Waals surface area contributed by atoms with E-state index in [0.717, 1.165) is 22.9 Å². The summed E-state index contributed by atoms with van der Waals surface area (Å²) < 4.78 is 16.1. The van der Waals surface area contributed by atoms with Crippen LogP contribution in [0.1, 0.15) is 17.0 Å².